The first-order chi connectivity index (χ1) is 11.1. The lowest BCUT2D eigenvalue weighted by molar-refractivity contribution is 0.781. The van der Waals surface area contributed by atoms with Crippen LogP contribution in [0, 0.1) is 6.92 Å². The molecule has 2 heterocycles. The summed E-state index contributed by atoms with van der Waals surface area (Å²) < 4.78 is 2.72. The maximum atomic E-state index is 6.17. The molecule has 2 aromatic heterocycles. The number of nitrogens with zero attached hydrogens (tertiary/aromatic N) is 4. The summed E-state index contributed by atoms with van der Waals surface area (Å²) in [5.41, 5.74) is 10.8. The molecule has 0 atom stereocenters. The molecular weight excluding hydrogens is 354 g/mol. The van der Waals surface area contributed by atoms with Crippen LogP contribution in [0.3, 0.4) is 0 Å². The van der Waals surface area contributed by atoms with Crippen LogP contribution in [-0.2, 0) is 7.05 Å². The number of aryl methyl sites for hydroxylation is 2. The maximum absolute atomic E-state index is 6.17. The molecule has 0 bridgehead atoms. The highest BCUT2D eigenvalue weighted by Crippen LogP contribution is 2.27. The molecule has 3 rings (SSSR count). The number of hydrogen-bond acceptors (Lipinski definition) is 4. The number of rotatable bonds is 3. The third-order valence-electron chi connectivity index (χ3n) is 3.62. The summed E-state index contributed by atoms with van der Waals surface area (Å²) in [6.45, 7) is 2.07. The van der Waals surface area contributed by atoms with E-state index in [9.17, 15) is 0 Å². The van der Waals surface area contributed by atoms with Crippen molar-refractivity contribution in [1.29, 1.82) is 0 Å². The maximum Gasteiger partial charge on any atom is 0.129 e. The first-order valence-electron chi connectivity index (χ1n) is 7.09. The Morgan fingerprint density at radius 2 is 2.04 bits per heavy atom. The molecule has 3 aromatic rings. The minimum atomic E-state index is 0.602. The zero-order chi connectivity index (χ0) is 16.4. The number of benzene rings is 1. The van der Waals surface area contributed by atoms with Crippen LogP contribution in [0.5, 0.6) is 0 Å². The van der Waals surface area contributed by atoms with Gasteiger partial charge in [-0.25, -0.2) is 9.97 Å². The van der Waals surface area contributed by atoms with E-state index < -0.39 is 0 Å². The summed E-state index contributed by atoms with van der Waals surface area (Å²) >= 11 is 3.48. The average molecular weight is 370 g/mol. The second-order valence-corrected chi connectivity index (χ2v) is 6.12. The highest BCUT2D eigenvalue weighted by atomic mass is 79.9. The van der Waals surface area contributed by atoms with Crippen molar-refractivity contribution in [3.05, 3.63) is 58.0 Å². The van der Waals surface area contributed by atoms with E-state index in [0.29, 0.717) is 5.82 Å². The van der Waals surface area contributed by atoms with E-state index in [1.807, 2.05) is 31.3 Å². The molecule has 23 heavy (non-hydrogen) atoms. The first kappa shape index (κ1) is 15.4. The molecule has 0 aliphatic carbocycles. The predicted molar refractivity (Wildman–Crippen MR) is 96.5 cm³/mol. The lowest BCUT2D eigenvalue weighted by Crippen LogP contribution is -1.97. The summed E-state index contributed by atoms with van der Waals surface area (Å²) in [5, 5.41) is 4.47. The molecule has 0 spiro atoms. The van der Waals surface area contributed by atoms with E-state index in [-0.39, 0.29) is 0 Å². The van der Waals surface area contributed by atoms with Crippen LogP contribution >= 0.6 is 15.9 Å². The molecular formula is C17H16BrN5. The van der Waals surface area contributed by atoms with Gasteiger partial charge in [-0.2, -0.15) is 5.10 Å². The minimum absolute atomic E-state index is 0.602. The molecule has 2 N–H and O–H groups in total. The van der Waals surface area contributed by atoms with Crippen molar-refractivity contribution in [1.82, 2.24) is 19.7 Å². The molecule has 6 heteroatoms. The summed E-state index contributed by atoms with van der Waals surface area (Å²) in [7, 11) is 1.82. The van der Waals surface area contributed by atoms with E-state index in [0.717, 1.165) is 27.0 Å². The topological polar surface area (TPSA) is 69.6 Å². The largest absolute Gasteiger partial charge is 0.383 e. The fraction of sp³-hybridized carbons (Fsp3) is 0.118. The zero-order valence-corrected chi connectivity index (χ0v) is 14.4. The van der Waals surface area contributed by atoms with E-state index in [1.165, 1.54) is 11.9 Å². The van der Waals surface area contributed by atoms with Crippen LogP contribution < -0.4 is 5.73 Å². The fourth-order valence-corrected chi connectivity index (χ4v) is 2.81. The fourth-order valence-electron chi connectivity index (χ4n) is 2.34. The molecule has 5 nitrogen and oxygen atoms in total. The molecule has 0 fully saturated rings. The minimum Gasteiger partial charge on any atom is -0.383 e. The van der Waals surface area contributed by atoms with Gasteiger partial charge in [0.15, 0.2) is 0 Å². The Morgan fingerprint density at radius 3 is 2.74 bits per heavy atom. The van der Waals surface area contributed by atoms with Gasteiger partial charge in [0.2, 0.25) is 0 Å². The average Bonchev–Trinajstić information content (AvgIpc) is 2.83. The van der Waals surface area contributed by atoms with Crippen molar-refractivity contribution in [3.8, 4) is 11.4 Å². The lowest BCUT2D eigenvalue weighted by Gasteiger charge is -2.02. The van der Waals surface area contributed by atoms with E-state index in [4.69, 9.17) is 5.73 Å². The highest BCUT2D eigenvalue weighted by molar-refractivity contribution is 9.10. The molecule has 0 amide bonds. The highest BCUT2D eigenvalue weighted by Gasteiger charge is 2.14. The number of aromatic nitrogens is 4. The third kappa shape index (κ3) is 3.17. The van der Waals surface area contributed by atoms with Crippen LogP contribution in [0.4, 0.5) is 5.82 Å². The normalized spacial score (nSPS) is 11.3. The molecule has 0 aliphatic rings. The second kappa shape index (κ2) is 6.34. The molecule has 0 saturated carbocycles. The Hall–Kier alpha value is -2.47. The zero-order valence-electron chi connectivity index (χ0n) is 12.9. The Kier molecular flexibility index (Phi) is 4.25. The van der Waals surface area contributed by atoms with Crippen molar-refractivity contribution in [2.45, 2.75) is 6.92 Å². The number of nitrogens with two attached hydrogens (primary N) is 1. The van der Waals surface area contributed by atoms with Gasteiger partial charge in [-0.3, -0.25) is 4.68 Å². The second-order valence-electron chi connectivity index (χ2n) is 5.20. The van der Waals surface area contributed by atoms with Crippen LogP contribution in [0.2, 0.25) is 0 Å². The number of anilines is 1. The number of halogens is 1. The van der Waals surface area contributed by atoms with E-state index in [2.05, 4.69) is 50.1 Å². The van der Waals surface area contributed by atoms with Crippen LogP contribution in [-0.4, -0.2) is 19.7 Å². The Labute approximate surface area is 143 Å². The van der Waals surface area contributed by atoms with Crippen LogP contribution in [0.15, 0.2) is 41.3 Å². The van der Waals surface area contributed by atoms with Crippen molar-refractivity contribution in [3.63, 3.8) is 0 Å². The van der Waals surface area contributed by atoms with E-state index in [1.54, 1.807) is 10.9 Å². The van der Waals surface area contributed by atoms with Gasteiger partial charge in [-0.05, 0) is 42.3 Å². The Bertz CT molecular complexity index is 868. The van der Waals surface area contributed by atoms with Gasteiger partial charge in [0.1, 0.15) is 17.8 Å². The van der Waals surface area contributed by atoms with E-state index >= 15 is 0 Å². The van der Waals surface area contributed by atoms with Gasteiger partial charge >= 0.3 is 0 Å². The van der Waals surface area contributed by atoms with Crippen LogP contribution in [0.1, 0.15) is 16.7 Å². The molecule has 116 valence electrons. The van der Waals surface area contributed by atoms with Gasteiger partial charge in [-0.15, -0.1) is 0 Å². The standard InChI is InChI=1S/C17H16BrN5/c1-11-9-13(18)5-3-12(11)4-6-14-16(22-23(2)17(14)19)15-7-8-20-10-21-15/h3-10H,19H2,1-2H3/b6-4-. The molecule has 0 aliphatic heterocycles. The molecule has 1 aromatic carbocycles. The monoisotopic (exact) mass is 369 g/mol. The molecule has 0 unspecified atom stereocenters. The van der Waals surface area contributed by atoms with Crippen molar-refractivity contribution < 1.29 is 0 Å². The summed E-state index contributed by atoms with van der Waals surface area (Å²) in [6, 6.07) is 7.99. The van der Waals surface area contributed by atoms with Gasteiger partial charge in [0.05, 0.1) is 5.69 Å². The quantitative estimate of drug-likeness (QED) is 0.763. The predicted octanol–water partition coefficient (Wildman–Crippen LogP) is 3.70. The Balaban J connectivity index is 2.04. The number of hydrogen-bond donors (Lipinski definition) is 1. The van der Waals surface area contributed by atoms with Crippen molar-refractivity contribution in [2.75, 3.05) is 5.73 Å². The lowest BCUT2D eigenvalue weighted by atomic mass is 10.1. The molecule has 0 saturated heterocycles. The summed E-state index contributed by atoms with van der Waals surface area (Å²) in [5.74, 6) is 0.602. The first-order valence-corrected chi connectivity index (χ1v) is 7.88. The number of nitrogen functional groups attached to an aromatic ring is 1. The van der Waals surface area contributed by atoms with Crippen LogP contribution in [0.25, 0.3) is 23.5 Å². The van der Waals surface area contributed by atoms with Gasteiger partial charge in [-0.1, -0.05) is 28.1 Å². The SMILES string of the molecule is Cc1cc(Br)ccc1/C=C\c1c(-c2ccncn2)nn(C)c1N. The summed E-state index contributed by atoms with van der Waals surface area (Å²) in [4.78, 5) is 8.21. The third-order valence-corrected chi connectivity index (χ3v) is 4.11. The van der Waals surface area contributed by atoms with Crippen molar-refractivity contribution in [2.24, 2.45) is 7.05 Å². The van der Waals surface area contributed by atoms with Crippen molar-refractivity contribution >= 4 is 33.9 Å². The van der Waals surface area contributed by atoms with Gasteiger partial charge in [0.25, 0.3) is 0 Å². The summed E-state index contributed by atoms with van der Waals surface area (Å²) in [6.07, 6.45) is 7.22. The van der Waals surface area contributed by atoms with Gasteiger partial charge < -0.3 is 5.73 Å². The Morgan fingerprint density at radius 1 is 1.22 bits per heavy atom. The molecule has 0 radical (unpaired) electrons. The van der Waals surface area contributed by atoms with Gasteiger partial charge in [0, 0.05) is 23.3 Å². The smallest absolute Gasteiger partial charge is 0.129 e.